The maximum atomic E-state index is 9.80. The van der Waals surface area contributed by atoms with Crippen molar-refractivity contribution in [1.29, 1.82) is 0 Å². The summed E-state index contributed by atoms with van der Waals surface area (Å²) in [7, 11) is 2.13. The molecule has 0 radical (unpaired) electrons. The van der Waals surface area contributed by atoms with Gasteiger partial charge in [0, 0.05) is 49.3 Å². The highest BCUT2D eigenvalue weighted by Gasteiger charge is 2.17. The number of anilines is 3. The van der Waals surface area contributed by atoms with E-state index in [0.717, 1.165) is 48.5 Å². The fraction of sp³-hybridized carbons (Fsp3) is 0.353. The molecule has 4 rings (SSSR count). The number of nitrogens with one attached hydrogen (secondary N) is 2. The van der Waals surface area contributed by atoms with Crippen molar-refractivity contribution in [2.24, 2.45) is 0 Å². The minimum Gasteiger partial charge on any atom is -0.392 e. The van der Waals surface area contributed by atoms with Crippen molar-refractivity contribution in [1.82, 2.24) is 25.1 Å². The zero-order valence-corrected chi connectivity index (χ0v) is 14.1. The van der Waals surface area contributed by atoms with Crippen LogP contribution in [0.4, 0.5) is 17.3 Å². The normalized spacial score (nSPS) is 15.7. The Kier molecular flexibility index (Phi) is 4.21. The molecule has 1 aromatic carbocycles. The molecule has 0 amide bonds. The van der Waals surface area contributed by atoms with Gasteiger partial charge in [-0.2, -0.15) is 10.1 Å². The first-order chi connectivity index (χ1) is 12.2. The molecule has 0 aliphatic carbocycles. The lowest BCUT2D eigenvalue weighted by atomic mass is 10.1. The number of aliphatic hydroxyl groups is 1. The van der Waals surface area contributed by atoms with Gasteiger partial charge in [0.2, 0.25) is 5.95 Å². The molecule has 0 saturated carbocycles. The molecular formula is C17H21N7O. The summed E-state index contributed by atoms with van der Waals surface area (Å²) in [4.78, 5) is 13.3. The number of H-pyrrole nitrogens is 1. The summed E-state index contributed by atoms with van der Waals surface area (Å²) in [5.74, 6) is 0.494. The minimum atomic E-state index is -0.00235. The summed E-state index contributed by atoms with van der Waals surface area (Å²) >= 11 is 0. The number of hydrogen-bond donors (Lipinski definition) is 3. The number of fused-ring (bicyclic) bond motifs is 1. The van der Waals surface area contributed by atoms with Crippen molar-refractivity contribution in [3.05, 3.63) is 36.2 Å². The highest BCUT2D eigenvalue weighted by Crippen LogP contribution is 2.26. The van der Waals surface area contributed by atoms with E-state index in [1.165, 1.54) is 0 Å². The second-order valence-corrected chi connectivity index (χ2v) is 6.28. The van der Waals surface area contributed by atoms with E-state index >= 15 is 0 Å². The molecule has 0 atom stereocenters. The Morgan fingerprint density at radius 2 is 2.04 bits per heavy atom. The maximum absolute atomic E-state index is 9.80. The van der Waals surface area contributed by atoms with E-state index in [1.54, 1.807) is 12.4 Å². The third kappa shape index (κ3) is 3.26. The van der Waals surface area contributed by atoms with Crippen molar-refractivity contribution in [2.45, 2.75) is 6.61 Å². The molecule has 1 aliphatic heterocycles. The Labute approximate surface area is 145 Å². The van der Waals surface area contributed by atoms with Gasteiger partial charge in [-0.05, 0) is 25.2 Å². The van der Waals surface area contributed by atoms with Crippen LogP contribution in [0.25, 0.3) is 11.0 Å². The average molecular weight is 339 g/mol. The lowest BCUT2D eigenvalue weighted by Crippen LogP contribution is -2.44. The van der Waals surface area contributed by atoms with Crippen LogP contribution >= 0.6 is 0 Å². The molecule has 8 nitrogen and oxygen atoms in total. The van der Waals surface area contributed by atoms with Gasteiger partial charge in [0.05, 0.1) is 18.2 Å². The van der Waals surface area contributed by atoms with Gasteiger partial charge in [-0.3, -0.25) is 5.10 Å². The summed E-state index contributed by atoms with van der Waals surface area (Å²) < 4.78 is 0. The lowest BCUT2D eigenvalue weighted by molar-refractivity contribution is 0.280. The highest BCUT2D eigenvalue weighted by molar-refractivity contribution is 5.74. The topological polar surface area (TPSA) is 93.2 Å². The van der Waals surface area contributed by atoms with Crippen LogP contribution in [0.2, 0.25) is 0 Å². The van der Waals surface area contributed by atoms with E-state index in [2.05, 4.69) is 42.3 Å². The molecule has 130 valence electrons. The summed E-state index contributed by atoms with van der Waals surface area (Å²) in [6.45, 7) is 4.00. The van der Waals surface area contributed by atoms with Crippen molar-refractivity contribution < 1.29 is 5.11 Å². The zero-order valence-electron chi connectivity index (χ0n) is 14.1. The summed E-state index contributed by atoms with van der Waals surface area (Å²) in [5, 5.41) is 20.6. The first-order valence-corrected chi connectivity index (χ1v) is 8.33. The van der Waals surface area contributed by atoms with Gasteiger partial charge in [-0.1, -0.05) is 0 Å². The van der Waals surface area contributed by atoms with Crippen LogP contribution in [-0.2, 0) is 6.61 Å². The fourth-order valence-electron chi connectivity index (χ4n) is 3.07. The first-order valence-electron chi connectivity index (χ1n) is 8.33. The molecule has 2 aromatic heterocycles. The standard InChI is InChI=1S/C17H21N7O/c1-23-4-6-24(7-5-23)15-3-2-14(8-12(15)11-25)20-17-18-9-13-10-19-22-16(13)21-17/h2-3,8-10,25H,4-7,11H2,1H3,(H2,18,19,20,21,22). The van der Waals surface area contributed by atoms with Gasteiger partial charge < -0.3 is 20.2 Å². The Morgan fingerprint density at radius 3 is 2.84 bits per heavy atom. The van der Waals surface area contributed by atoms with Crippen LogP contribution in [0, 0.1) is 0 Å². The van der Waals surface area contributed by atoms with E-state index in [0.29, 0.717) is 11.6 Å². The number of likely N-dealkylation sites (N-methyl/N-ethyl adjacent to an activating group) is 1. The van der Waals surface area contributed by atoms with Crippen molar-refractivity contribution in [3.8, 4) is 0 Å². The van der Waals surface area contributed by atoms with Crippen molar-refractivity contribution in [2.75, 3.05) is 43.4 Å². The molecule has 1 fully saturated rings. The fourth-order valence-corrected chi connectivity index (χ4v) is 3.07. The molecule has 3 aromatic rings. The van der Waals surface area contributed by atoms with Gasteiger partial charge in [0.15, 0.2) is 5.65 Å². The Balaban J connectivity index is 1.56. The number of hydrogen-bond acceptors (Lipinski definition) is 7. The van der Waals surface area contributed by atoms with Crippen LogP contribution in [-0.4, -0.2) is 63.4 Å². The van der Waals surface area contributed by atoms with Crippen LogP contribution < -0.4 is 10.2 Å². The Hall–Kier alpha value is -2.71. The summed E-state index contributed by atoms with van der Waals surface area (Å²) in [6, 6.07) is 6.00. The minimum absolute atomic E-state index is 0.00235. The van der Waals surface area contributed by atoms with E-state index in [9.17, 15) is 5.11 Å². The third-order valence-electron chi connectivity index (χ3n) is 4.54. The largest absolute Gasteiger partial charge is 0.392 e. The number of aromatic amines is 1. The molecular weight excluding hydrogens is 318 g/mol. The smallest absolute Gasteiger partial charge is 0.229 e. The molecule has 8 heteroatoms. The predicted octanol–water partition coefficient (Wildman–Crippen LogP) is 1.34. The highest BCUT2D eigenvalue weighted by atomic mass is 16.3. The third-order valence-corrected chi connectivity index (χ3v) is 4.54. The van der Waals surface area contributed by atoms with E-state index in [1.807, 2.05) is 18.2 Å². The number of rotatable bonds is 4. The van der Waals surface area contributed by atoms with E-state index < -0.39 is 0 Å². The Bertz CT molecular complexity index is 870. The van der Waals surface area contributed by atoms with Crippen LogP contribution in [0.5, 0.6) is 0 Å². The zero-order chi connectivity index (χ0) is 17.2. The SMILES string of the molecule is CN1CCN(c2ccc(Nc3ncc4cn[nH]c4n3)cc2CO)CC1. The number of piperazine rings is 1. The number of benzene rings is 1. The number of nitrogens with zero attached hydrogens (tertiary/aromatic N) is 5. The predicted molar refractivity (Wildman–Crippen MR) is 97.0 cm³/mol. The molecule has 1 saturated heterocycles. The average Bonchev–Trinajstić information content (AvgIpc) is 3.10. The van der Waals surface area contributed by atoms with Gasteiger partial charge in [-0.15, -0.1) is 0 Å². The summed E-state index contributed by atoms with van der Waals surface area (Å²) in [5.41, 5.74) is 3.53. The van der Waals surface area contributed by atoms with Crippen LogP contribution in [0.3, 0.4) is 0 Å². The van der Waals surface area contributed by atoms with Crippen LogP contribution in [0.15, 0.2) is 30.6 Å². The maximum Gasteiger partial charge on any atom is 0.229 e. The molecule has 1 aliphatic rings. The monoisotopic (exact) mass is 339 g/mol. The first kappa shape index (κ1) is 15.8. The van der Waals surface area contributed by atoms with Gasteiger partial charge in [0.25, 0.3) is 0 Å². The molecule has 0 spiro atoms. The van der Waals surface area contributed by atoms with Gasteiger partial charge >= 0.3 is 0 Å². The van der Waals surface area contributed by atoms with Crippen molar-refractivity contribution >= 4 is 28.4 Å². The number of aromatic nitrogens is 4. The molecule has 0 unspecified atom stereocenters. The van der Waals surface area contributed by atoms with Gasteiger partial charge in [-0.25, -0.2) is 4.98 Å². The van der Waals surface area contributed by atoms with Crippen LogP contribution in [0.1, 0.15) is 5.56 Å². The van der Waals surface area contributed by atoms with E-state index in [4.69, 9.17) is 0 Å². The molecule has 3 N–H and O–H groups in total. The van der Waals surface area contributed by atoms with E-state index in [-0.39, 0.29) is 6.61 Å². The van der Waals surface area contributed by atoms with Crippen molar-refractivity contribution in [3.63, 3.8) is 0 Å². The quantitative estimate of drug-likeness (QED) is 0.660. The second kappa shape index (κ2) is 6.66. The molecule has 25 heavy (non-hydrogen) atoms. The lowest BCUT2D eigenvalue weighted by Gasteiger charge is -2.35. The second-order valence-electron chi connectivity index (χ2n) is 6.28. The molecule has 0 bridgehead atoms. The van der Waals surface area contributed by atoms with Gasteiger partial charge in [0.1, 0.15) is 0 Å². The Morgan fingerprint density at radius 1 is 1.20 bits per heavy atom. The summed E-state index contributed by atoms with van der Waals surface area (Å²) in [6.07, 6.45) is 3.41. The number of aliphatic hydroxyl groups excluding tert-OH is 1. The molecule has 3 heterocycles.